The summed E-state index contributed by atoms with van der Waals surface area (Å²) in [6.45, 7) is 11.8. The van der Waals surface area contributed by atoms with E-state index in [0.29, 0.717) is 23.6 Å². The number of aliphatic hydroxyl groups excluding tert-OH is 1. The van der Waals surface area contributed by atoms with Gasteiger partial charge in [-0.2, -0.15) is 0 Å². The largest absolute Gasteiger partial charge is 0.400 e. The van der Waals surface area contributed by atoms with Gasteiger partial charge in [0.25, 0.3) is 0 Å². The number of rotatable bonds is 7. The van der Waals surface area contributed by atoms with E-state index in [-0.39, 0.29) is 17.9 Å². The van der Waals surface area contributed by atoms with E-state index in [1.54, 1.807) is 0 Å². The van der Waals surface area contributed by atoms with E-state index in [1.807, 2.05) is 22.9 Å². The minimum Gasteiger partial charge on any atom is -0.400 e. The van der Waals surface area contributed by atoms with Gasteiger partial charge in [0.15, 0.2) is 20.4 Å². The highest BCUT2D eigenvalue weighted by molar-refractivity contribution is 9.10. The highest BCUT2D eigenvalue weighted by Gasteiger charge is 2.49. The highest BCUT2D eigenvalue weighted by atomic mass is 79.9. The zero-order valence-electron chi connectivity index (χ0n) is 18.7. The quantitative estimate of drug-likeness (QED) is 0.521. The summed E-state index contributed by atoms with van der Waals surface area (Å²) in [5.41, 5.74) is 0.0552. The molecule has 0 bridgehead atoms. The second-order valence-corrected chi connectivity index (χ2v) is 14.9. The van der Waals surface area contributed by atoms with Crippen molar-refractivity contribution in [3.05, 3.63) is 46.5 Å². The van der Waals surface area contributed by atoms with E-state index in [2.05, 4.69) is 67.0 Å². The van der Waals surface area contributed by atoms with Crippen LogP contribution in [0.2, 0.25) is 18.1 Å². The number of aliphatic hydroxyl groups is 1. The molecular weight excluding hydrogens is 462 g/mol. The van der Waals surface area contributed by atoms with E-state index in [0.717, 1.165) is 24.8 Å². The van der Waals surface area contributed by atoms with Gasteiger partial charge in [-0.05, 0) is 58.9 Å². The minimum atomic E-state index is -2.25. The number of nitrogens with zero attached hydrogens (tertiary/aromatic N) is 3. The van der Waals surface area contributed by atoms with Crippen LogP contribution in [0.3, 0.4) is 0 Å². The summed E-state index contributed by atoms with van der Waals surface area (Å²) in [7, 11) is -2.25. The Labute approximate surface area is 189 Å². The molecule has 1 N–H and O–H groups in total. The predicted molar refractivity (Wildman–Crippen MR) is 124 cm³/mol. The van der Waals surface area contributed by atoms with Crippen LogP contribution >= 0.6 is 15.9 Å². The molecule has 3 rings (SSSR count). The van der Waals surface area contributed by atoms with Crippen LogP contribution in [0.5, 0.6) is 0 Å². The van der Waals surface area contributed by atoms with Gasteiger partial charge in [0.2, 0.25) is 4.73 Å². The van der Waals surface area contributed by atoms with Crippen molar-refractivity contribution in [3.8, 4) is 0 Å². The van der Waals surface area contributed by atoms with Gasteiger partial charge in [-0.1, -0.05) is 51.1 Å². The lowest BCUT2D eigenvalue weighted by molar-refractivity contribution is -0.0508. The molecule has 0 spiro atoms. The molecule has 2 unspecified atom stereocenters. The van der Waals surface area contributed by atoms with Crippen LogP contribution in [0, 0.1) is 0 Å². The molecule has 30 heavy (non-hydrogen) atoms. The van der Waals surface area contributed by atoms with Crippen molar-refractivity contribution in [2.45, 2.75) is 76.4 Å². The number of halogens is 1. The fraction of sp³-hybridized carbons (Fsp3) is 0.636. The van der Waals surface area contributed by atoms with Crippen LogP contribution < -0.4 is 0 Å². The predicted octanol–water partition coefficient (Wildman–Crippen LogP) is 5.39. The third-order valence-corrected chi connectivity index (χ3v) is 11.1. The minimum absolute atomic E-state index is 0.00803. The van der Waals surface area contributed by atoms with Gasteiger partial charge in [-0.3, -0.25) is 0 Å². The van der Waals surface area contributed by atoms with Crippen molar-refractivity contribution >= 4 is 24.2 Å². The van der Waals surface area contributed by atoms with Crippen LogP contribution in [-0.2, 0) is 14.8 Å². The Kier molecular flexibility index (Phi) is 7.24. The van der Waals surface area contributed by atoms with Crippen molar-refractivity contribution in [1.82, 2.24) is 14.8 Å². The third kappa shape index (κ3) is 4.72. The van der Waals surface area contributed by atoms with E-state index in [1.165, 1.54) is 0 Å². The van der Waals surface area contributed by atoms with Gasteiger partial charge in [0, 0.05) is 19.6 Å². The monoisotopic (exact) mass is 495 g/mol. The summed E-state index contributed by atoms with van der Waals surface area (Å²) in [5, 5.41) is 14.8. The molecule has 2 heterocycles. The molecule has 0 aliphatic carbocycles. The van der Waals surface area contributed by atoms with Gasteiger partial charge >= 0.3 is 0 Å². The van der Waals surface area contributed by atoms with Crippen LogP contribution in [-0.4, -0.2) is 41.4 Å². The van der Waals surface area contributed by atoms with Crippen LogP contribution in [0.15, 0.2) is 35.1 Å². The molecule has 8 heteroatoms. The Hall–Kier alpha value is -1.06. The van der Waals surface area contributed by atoms with E-state index >= 15 is 0 Å². The molecule has 1 saturated heterocycles. The number of ether oxygens (including phenoxy) is 1. The van der Waals surface area contributed by atoms with Gasteiger partial charge in [0.05, 0.1) is 0 Å². The second-order valence-electron chi connectivity index (χ2n) is 9.50. The molecule has 1 aliphatic rings. The molecule has 1 fully saturated rings. The zero-order valence-corrected chi connectivity index (χ0v) is 21.3. The summed E-state index contributed by atoms with van der Waals surface area (Å²) >= 11 is 3.48. The van der Waals surface area contributed by atoms with E-state index in [4.69, 9.17) is 14.1 Å². The third-order valence-electron chi connectivity index (χ3n) is 6.33. The van der Waals surface area contributed by atoms with Crippen LogP contribution in [0.1, 0.15) is 64.1 Å². The fourth-order valence-corrected chi connectivity index (χ4v) is 5.51. The molecule has 1 aromatic heterocycles. The van der Waals surface area contributed by atoms with E-state index in [9.17, 15) is 5.11 Å². The number of hydrogen-bond donors (Lipinski definition) is 1. The second kappa shape index (κ2) is 9.20. The van der Waals surface area contributed by atoms with E-state index < -0.39 is 13.9 Å². The SMILES string of the molecule is CC(C)(C)[Si](C)(C)OC(CCO)(c1ccccc1)c1nc(Br)nn1C1CCCCO1. The standard InChI is InChI=1S/C22H34BrN3O3Si/c1-21(2,3)30(4,5)29-22(14-15-27,17-11-7-6-8-12-17)19-24-20(23)25-26(19)18-13-9-10-16-28-18/h6-8,11-12,18,27H,9-10,13-16H2,1-5H3. The Bertz CT molecular complexity index is 832. The Balaban J connectivity index is 2.22. The summed E-state index contributed by atoms with van der Waals surface area (Å²) in [5.74, 6) is 0.686. The highest BCUT2D eigenvalue weighted by Crippen LogP contribution is 2.46. The summed E-state index contributed by atoms with van der Waals surface area (Å²) in [4.78, 5) is 4.79. The molecule has 6 nitrogen and oxygen atoms in total. The first-order valence-electron chi connectivity index (χ1n) is 10.7. The maximum Gasteiger partial charge on any atom is 0.217 e. The van der Waals surface area contributed by atoms with Crippen molar-refractivity contribution in [2.75, 3.05) is 13.2 Å². The molecule has 166 valence electrons. The number of hydrogen-bond acceptors (Lipinski definition) is 5. The first-order chi connectivity index (χ1) is 14.1. The molecule has 1 aliphatic heterocycles. The zero-order chi connectivity index (χ0) is 22.0. The summed E-state index contributed by atoms with van der Waals surface area (Å²) < 4.78 is 15.6. The van der Waals surface area contributed by atoms with Gasteiger partial charge in [-0.15, -0.1) is 5.10 Å². The van der Waals surface area contributed by atoms with Gasteiger partial charge in [0.1, 0.15) is 5.60 Å². The smallest absolute Gasteiger partial charge is 0.217 e. The maximum atomic E-state index is 10.2. The summed E-state index contributed by atoms with van der Waals surface area (Å²) in [6.07, 6.45) is 3.23. The number of benzene rings is 1. The lowest BCUT2D eigenvalue weighted by atomic mass is 9.89. The first kappa shape index (κ1) is 23.6. The van der Waals surface area contributed by atoms with Crippen molar-refractivity contribution in [2.24, 2.45) is 0 Å². The maximum absolute atomic E-state index is 10.2. The first-order valence-corrected chi connectivity index (χ1v) is 14.4. The van der Waals surface area contributed by atoms with Crippen molar-refractivity contribution in [1.29, 1.82) is 0 Å². The Morgan fingerprint density at radius 2 is 1.93 bits per heavy atom. The molecule has 2 atom stereocenters. The molecule has 0 amide bonds. The molecule has 1 aromatic carbocycles. The Morgan fingerprint density at radius 1 is 1.23 bits per heavy atom. The molecule has 0 saturated carbocycles. The van der Waals surface area contributed by atoms with Crippen LogP contribution in [0.4, 0.5) is 0 Å². The average Bonchev–Trinajstić information content (AvgIpc) is 3.10. The fourth-order valence-electron chi connectivity index (χ4n) is 3.68. The summed E-state index contributed by atoms with van der Waals surface area (Å²) in [6, 6.07) is 10.1. The molecule has 0 radical (unpaired) electrons. The average molecular weight is 497 g/mol. The molecular formula is C22H34BrN3O3Si. The Morgan fingerprint density at radius 3 is 2.50 bits per heavy atom. The molecule has 2 aromatic rings. The lowest BCUT2D eigenvalue weighted by Crippen LogP contribution is -2.50. The van der Waals surface area contributed by atoms with Crippen LogP contribution in [0.25, 0.3) is 0 Å². The lowest BCUT2D eigenvalue weighted by Gasteiger charge is -2.45. The van der Waals surface area contributed by atoms with Crippen molar-refractivity contribution in [3.63, 3.8) is 0 Å². The van der Waals surface area contributed by atoms with Crippen molar-refractivity contribution < 1.29 is 14.3 Å². The van der Waals surface area contributed by atoms with Gasteiger partial charge < -0.3 is 14.3 Å². The normalized spacial score (nSPS) is 20.2. The topological polar surface area (TPSA) is 69.4 Å². The van der Waals surface area contributed by atoms with Gasteiger partial charge in [-0.25, -0.2) is 9.67 Å². The number of aromatic nitrogens is 3.